The van der Waals surface area contributed by atoms with E-state index in [4.69, 9.17) is 16.3 Å². The van der Waals surface area contributed by atoms with E-state index in [-0.39, 0.29) is 0 Å². The lowest BCUT2D eigenvalue weighted by atomic mass is 10.2. The minimum Gasteiger partial charge on any atom is -0.492 e. The average molecular weight is 408 g/mol. The zero-order valence-electron chi connectivity index (χ0n) is 15.7. The molecule has 1 unspecified atom stereocenters. The second-order valence-electron chi connectivity index (χ2n) is 5.98. The molecule has 0 fully saturated rings. The molecule has 5 nitrogen and oxygen atoms in total. The Morgan fingerprint density at radius 2 is 2.00 bits per heavy atom. The van der Waals surface area contributed by atoms with Crippen LogP contribution in [0.15, 0.2) is 59.6 Å². The van der Waals surface area contributed by atoms with Crippen molar-refractivity contribution in [3.8, 4) is 5.75 Å². The van der Waals surface area contributed by atoms with Crippen molar-refractivity contribution >= 4 is 28.4 Å². The molecule has 0 bridgehead atoms. The van der Waals surface area contributed by atoms with Gasteiger partial charge in [-0.3, -0.25) is 9.20 Å². The molecule has 0 aliphatic carbocycles. The first kappa shape index (κ1) is 21.3. The zero-order valence-corrected chi connectivity index (χ0v) is 17.3. The Morgan fingerprint density at radius 3 is 2.70 bits per heavy atom. The molecule has 0 radical (unpaired) electrons. The van der Waals surface area contributed by atoms with Crippen molar-refractivity contribution in [3.05, 3.63) is 65.2 Å². The highest BCUT2D eigenvalue weighted by Crippen LogP contribution is 2.16. The Bertz CT molecular complexity index is 756. The van der Waals surface area contributed by atoms with Crippen molar-refractivity contribution in [2.75, 3.05) is 39.5 Å². The van der Waals surface area contributed by atoms with Gasteiger partial charge in [-0.25, -0.2) is 0 Å². The highest BCUT2D eigenvalue weighted by molar-refractivity contribution is 7.84. The molecule has 0 saturated heterocycles. The standard InChI is InChI=1S/C20H26ClN3O2S/c1-22-20(23-11-14-27(25)16-17-7-4-3-5-8-17)24(2)12-13-26-19-10-6-9-18(21)15-19/h3-10,15H,11-14,16H2,1-2H3,(H,22,23). The van der Waals surface area contributed by atoms with E-state index in [1.54, 1.807) is 13.1 Å². The molecule has 1 N–H and O–H groups in total. The Kier molecular flexibility index (Phi) is 9.15. The van der Waals surface area contributed by atoms with E-state index in [0.717, 1.165) is 17.3 Å². The number of guanidine groups is 1. The first-order valence-electron chi connectivity index (χ1n) is 8.77. The molecule has 0 amide bonds. The molecule has 0 spiro atoms. The maximum atomic E-state index is 12.2. The van der Waals surface area contributed by atoms with Crippen LogP contribution in [0.3, 0.4) is 0 Å². The zero-order chi connectivity index (χ0) is 19.5. The van der Waals surface area contributed by atoms with Crippen molar-refractivity contribution < 1.29 is 8.95 Å². The molecule has 0 heterocycles. The number of likely N-dealkylation sites (N-methyl/N-ethyl adjacent to an activating group) is 1. The van der Waals surface area contributed by atoms with Crippen LogP contribution in [0, 0.1) is 0 Å². The van der Waals surface area contributed by atoms with E-state index in [0.29, 0.717) is 36.2 Å². The number of aliphatic imine (C=N–C) groups is 1. The SMILES string of the molecule is CN=C(NCCS(=O)Cc1ccccc1)N(C)CCOc1cccc(Cl)c1. The lowest BCUT2D eigenvalue weighted by molar-refractivity contribution is 0.281. The molecule has 0 aromatic heterocycles. The molecule has 1 atom stereocenters. The summed E-state index contributed by atoms with van der Waals surface area (Å²) < 4.78 is 17.9. The van der Waals surface area contributed by atoms with Crippen LogP contribution < -0.4 is 10.1 Å². The van der Waals surface area contributed by atoms with Crippen molar-refractivity contribution in [1.82, 2.24) is 10.2 Å². The number of benzene rings is 2. The van der Waals surface area contributed by atoms with E-state index in [1.807, 2.05) is 60.5 Å². The number of nitrogens with zero attached hydrogens (tertiary/aromatic N) is 2. The largest absolute Gasteiger partial charge is 0.492 e. The highest BCUT2D eigenvalue weighted by atomic mass is 35.5. The maximum absolute atomic E-state index is 12.2. The van der Waals surface area contributed by atoms with Gasteiger partial charge in [0.15, 0.2) is 5.96 Å². The summed E-state index contributed by atoms with van der Waals surface area (Å²) >= 11 is 5.95. The Morgan fingerprint density at radius 1 is 1.22 bits per heavy atom. The Balaban J connectivity index is 1.68. The molecule has 146 valence electrons. The van der Waals surface area contributed by atoms with Gasteiger partial charge in [-0.2, -0.15) is 0 Å². The summed E-state index contributed by atoms with van der Waals surface area (Å²) in [5.74, 6) is 2.64. The third kappa shape index (κ3) is 8.01. The predicted octanol–water partition coefficient (Wildman–Crippen LogP) is 3.17. The fourth-order valence-electron chi connectivity index (χ4n) is 2.46. The Hall–Kier alpha value is -2.05. The summed E-state index contributed by atoms with van der Waals surface area (Å²) in [7, 11) is 2.77. The maximum Gasteiger partial charge on any atom is 0.193 e. The third-order valence-corrected chi connectivity index (χ3v) is 5.40. The normalized spacial score (nSPS) is 12.5. The number of nitrogens with one attached hydrogen (secondary N) is 1. The number of ether oxygens (including phenoxy) is 1. The van der Waals surface area contributed by atoms with Crippen molar-refractivity contribution in [2.45, 2.75) is 5.75 Å². The summed E-state index contributed by atoms with van der Waals surface area (Å²) in [4.78, 5) is 6.24. The topological polar surface area (TPSA) is 53.9 Å². The van der Waals surface area contributed by atoms with Crippen LogP contribution in [0.2, 0.25) is 5.02 Å². The van der Waals surface area contributed by atoms with E-state index < -0.39 is 10.8 Å². The molecule has 2 aromatic carbocycles. The van der Waals surface area contributed by atoms with Crippen LogP contribution in [-0.4, -0.2) is 54.6 Å². The minimum absolute atomic E-state index is 0.511. The lowest BCUT2D eigenvalue weighted by Gasteiger charge is -2.22. The van der Waals surface area contributed by atoms with Gasteiger partial charge >= 0.3 is 0 Å². The fraction of sp³-hybridized carbons (Fsp3) is 0.350. The van der Waals surface area contributed by atoms with Crippen LogP contribution in [-0.2, 0) is 16.6 Å². The van der Waals surface area contributed by atoms with Crippen LogP contribution in [0.1, 0.15) is 5.56 Å². The number of hydrogen-bond donors (Lipinski definition) is 1. The molecule has 2 aromatic rings. The number of rotatable bonds is 9. The first-order valence-corrected chi connectivity index (χ1v) is 10.6. The Labute approximate surface area is 168 Å². The van der Waals surface area contributed by atoms with Gasteiger partial charge in [-0.1, -0.05) is 48.0 Å². The average Bonchev–Trinajstić information content (AvgIpc) is 2.66. The summed E-state index contributed by atoms with van der Waals surface area (Å²) in [5, 5.41) is 3.90. The van der Waals surface area contributed by atoms with Crippen LogP contribution >= 0.6 is 11.6 Å². The smallest absolute Gasteiger partial charge is 0.193 e. The molecular formula is C20H26ClN3O2S. The predicted molar refractivity (Wildman–Crippen MR) is 114 cm³/mol. The van der Waals surface area contributed by atoms with Crippen molar-refractivity contribution in [1.29, 1.82) is 0 Å². The van der Waals surface area contributed by atoms with Gasteiger partial charge in [0.05, 0.1) is 6.54 Å². The number of hydrogen-bond acceptors (Lipinski definition) is 3. The molecule has 7 heteroatoms. The summed E-state index contributed by atoms with van der Waals surface area (Å²) in [6.07, 6.45) is 0. The summed E-state index contributed by atoms with van der Waals surface area (Å²) in [5.41, 5.74) is 1.09. The van der Waals surface area contributed by atoms with E-state index in [1.165, 1.54) is 0 Å². The molecule has 2 rings (SSSR count). The van der Waals surface area contributed by atoms with Gasteiger partial charge in [0, 0.05) is 48.0 Å². The fourth-order valence-corrected chi connectivity index (χ4v) is 3.68. The van der Waals surface area contributed by atoms with Gasteiger partial charge < -0.3 is 15.0 Å². The molecule has 0 aliphatic rings. The van der Waals surface area contributed by atoms with Gasteiger partial charge in [-0.05, 0) is 23.8 Å². The van der Waals surface area contributed by atoms with Crippen molar-refractivity contribution in [3.63, 3.8) is 0 Å². The van der Waals surface area contributed by atoms with Gasteiger partial charge in [0.25, 0.3) is 0 Å². The quantitative estimate of drug-likeness (QED) is 0.512. The molecule has 0 aliphatic heterocycles. The first-order chi connectivity index (χ1) is 13.1. The monoisotopic (exact) mass is 407 g/mol. The van der Waals surface area contributed by atoms with Crippen molar-refractivity contribution in [2.24, 2.45) is 4.99 Å². The van der Waals surface area contributed by atoms with Gasteiger partial charge in [0.2, 0.25) is 0 Å². The van der Waals surface area contributed by atoms with Gasteiger partial charge in [-0.15, -0.1) is 0 Å². The summed E-state index contributed by atoms with van der Waals surface area (Å²) in [6, 6.07) is 17.2. The summed E-state index contributed by atoms with van der Waals surface area (Å²) in [6.45, 7) is 1.78. The molecule has 0 saturated carbocycles. The number of halogens is 1. The van der Waals surface area contributed by atoms with E-state index in [2.05, 4.69) is 10.3 Å². The molecular weight excluding hydrogens is 382 g/mol. The minimum atomic E-state index is -0.908. The van der Waals surface area contributed by atoms with E-state index in [9.17, 15) is 4.21 Å². The molecule has 27 heavy (non-hydrogen) atoms. The highest BCUT2D eigenvalue weighted by Gasteiger charge is 2.07. The second-order valence-corrected chi connectivity index (χ2v) is 7.99. The van der Waals surface area contributed by atoms with Gasteiger partial charge in [0.1, 0.15) is 12.4 Å². The van der Waals surface area contributed by atoms with Crippen LogP contribution in [0.4, 0.5) is 0 Å². The second kappa shape index (κ2) is 11.6. The third-order valence-electron chi connectivity index (χ3n) is 3.85. The lowest BCUT2D eigenvalue weighted by Crippen LogP contribution is -2.42. The van der Waals surface area contributed by atoms with E-state index >= 15 is 0 Å². The van der Waals surface area contributed by atoms with Crippen LogP contribution in [0.25, 0.3) is 0 Å². The van der Waals surface area contributed by atoms with Crippen LogP contribution in [0.5, 0.6) is 5.75 Å².